The van der Waals surface area contributed by atoms with Gasteiger partial charge in [-0.05, 0) is 27.2 Å². The molecule has 1 saturated heterocycles. The maximum Gasteiger partial charge on any atom is 0.347 e. The zero-order chi connectivity index (χ0) is 11.7. The summed E-state index contributed by atoms with van der Waals surface area (Å²) in [6.07, 6.45) is 1.28. The molecule has 4 nitrogen and oxygen atoms in total. The van der Waals surface area contributed by atoms with Gasteiger partial charge in [0.2, 0.25) is 0 Å². The molecular formula is C11H18O4. The second-order valence-corrected chi connectivity index (χ2v) is 4.31. The van der Waals surface area contributed by atoms with Crippen molar-refractivity contribution in [3.05, 3.63) is 0 Å². The zero-order valence-corrected chi connectivity index (χ0v) is 9.75. The second kappa shape index (κ2) is 3.93. The fourth-order valence-electron chi connectivity index (χ4n) is 2.04. The van der Waals surface area contributed by atoms with Gasteiger partial charge in [-0.1, -0.05) is 13.3 Å². The van der Waals surface area contributed by atoms with Crippen molar-refractivity contribution in [3.63, 3.8) is 0 Å². The summed E-state index contributed by atoms with van der Waals surface area (Å²) in [5, 5.41) is 0. The molecule has 0 N–H and O–H groups in total. The molecule has 86 valence electrons. The Morgan fingerprint density at radius 1 is 1.20 bits per heavy atom. The first-order valence-corrected chi connectivity index (χ1v) is 5.33. The first-order valence-electron chi connectivity index (χ1n) is 5.33. The highest BCUT2D eigenvalue weighted by atomic mass is 16.6. The Morgan fingerprint density at radius 3 is 2.13 bits per heavy atom. The van der Waals surface area contributed by atoms with Crippen molar-refractivity contribution in [2.45, 2.75) is 46.1 Å². The van der Waals surface area contributed by atoms with Gasteiger partial charge in [-0.3, -0.25) is 4.79 Å². The summed E-state index contributed by atoms with van der Waals surface area (Å²) < 4.78 is 10.2. The third kappa shape index (κ3) is 1.57. The van der Waals surface area contributed by atoms with Gasteiger partial charge in [-0.25, -0.2) is 4.79 Å². The molecule has 1 aliphatic rings. The molecule has 4 heteroatoms. The van der Waals surface area contributed by atoms with Crippen LogP contribution in [0.15, 0.2) is 0 Å². The summed E-state index contributed by atoms with van der Waals surface area (Å²) >= 11 is 0. The number of hydrogen-bond acceptors (Lipinski definition) is 4. The lowest BCUT2D eigenvalue weighted by Crippen LogP contribution is -2.50. The van der Waals surface area contributed by atoms with E-state index in [2.05, 4.69) is 0 Å². The van der Waals surface area contributed by atoms with Gasteiger partial charge in [-0.15, -0.1) is 0 Å². The van der Waals surface area contributed by atoms with Crippen LogP contribution in [0.2, 0.25) is 0 Å². The summed E-state index contributed by atoms with van der Waals surface area (Å²) in [5.41, 5.74) is -1.98. The minimum Gasteiger partial charge on any atom is -0.390 e. The van der Waals surface area contributed by atoms with Gasteiger partial charge in [0.25, 0.3) is 0 Å². The van der Waals surface area contributed by atoms with Crippen molar-refractivity contribution in [1.82, 2.24) is 0 Å². The maximum absolute atomic E-state index is 11.7. The number of rotatable bonds is 4. The molecule has 1 aliphatic heterocycles. The molecule has 0 bridgehead atoms. The van der Waals surface area contributed by atoms with Crippen LogP contribution in [0.5, 0.6) is 0 Å². The number of carbonyl (C=O) groups excluding carboxylic acids is 2. The van der Waals surface area contributed by atoms with Crippen LogP contribution in [0, 0.1) is 5.41 Å². The molecule has 0 aromatic heterocycles. The monoisotopic (exact) mass is 214 g/mol. The summed E-state index contributed by atoms with van der Waals surface area (Å²) in [6, 6.07) is 0. The molecule has 1 heterocycles. The van der Waals surface area contributed by atoms with Gasteiger partial charge in [-0.2, -0.15) is 0 Å². The molecule has 0 aromatic carbocycles. The molecule has 0 amide bonds. The molecule has 0 aromatic rings. The quantitative estimate of drug-likeness (QED) is 0.527. The molecule has 0 radical (unpaired) electrons. The zero-order valence-electron chi connectivity index (χ0n) is 9.75. The lowest BCUT2D eigenvalue weighted by molar-refractivity contribution is -0.165. The Morgan fingerprint density at radius 2 is 1.80 bits per heavy atom. The molecule has 0 spiro atoms. The molecule has 1 rings (SSSR count). The van der Waals surface area contributed by atoms with E-state index in [1.807, 2.05) is 13.8 Å². The van der Waals surface area contributed by atoms with Crippen molar-refractivity contribution in [2.24, 2.45) is 5.41 Å². The Hall–Kier alpha value is -0.900. The SMILES string of the molecule is CCCC1(OCC)C(=O)OC(=O)C1(C)C. The average molecular weight is 214 g/mol. The molecule has 1 unspecified atom stereocenters. The van der Waals surface area contributed by atoms with E-state index in [1.54, 1.807) is 13.8 Å². The van der Waals surface area contributed by atoms with Crippen molar-refractivity contribution < 1.29 is 19.1 Å². The number of cyclic esters (lactones) is 2. The van der Waals surface area contributed by atoms with E-state index in [1.165, 1.54) is 0 Å². The largest absolute Gasteiger partial charge is 0.390 e. The first-order chi connectivity index (χ1) is 6.92. The lowest BCUT2D eigenvalue weighted by Gasteiger charge is -2.34. The summed E-state index contributed by atoms with van der Waals surface area (Å²) in [4.78, 5) is 23.3. The minimum absolute atomic E-state index is 0.395. The minimum atomic E-state index is -1.09. The highest BCUT2D eigenvalue weighted by Crippen LogP contribution is 2.45. The Bertz CT molecular complexity index is 274. The molecule has 1 fully saturated rings. The number of ether oxygens (including phenoxy) is 2. The Kier molecular flexibility index (Phi) is 3.19. The summed E-state index contributed by atoms with van der Waals surface area (Å²) in [6.45, 7) is 7.55. The molecular weight excluding hydrogens is 196 g/mol. The molecule has 0 saturated carbocycles. The van der Waals surface area contributed by atoms with Crippen molar-refractivity contribution >= 4 is 11.9 Å². The van der Waals surface area contributed by atoms with Gasteiger partial charge in [0.15, 0.2) is 5.60 Å². The van der Waals surface area contributed by atoms with Crippen LogP contribution in [0.1, 0.15) is 40.5 Å². The summed E-state index contributed by atoms with van der Waals surface area (Å²) in [5.74, 6) is -1.03. The fourth-order valence-corrected chi connectivity index (χ4v) is 2.04. The van der Waals surface area contributed by atoms with Crippen LogP contribution in [0.3, 0.4) is 0 Å². The van der Waals surface area contributed by atoms with Gasteiger partial charge in [0, 0.05) is 6.61 Å². The third-order valence-electron chi connectivity index (χ3n) is 3.03. The van der Waals surface area contributed by atoms with Crippen molar-refractivity contribution in [3.8, 4) is 0 Å². The van der Waals surface area contributed by atoms with E-state index in [4.69, 9.17) is 9.47 Å². The van der Waals surface area contributed by atoms with E-state index in [-0.39, 0.29) is 0 Å². The average Bonchev–Trinajstić information content (AvgIpc) is 2.29. The van der Waals surface area contributed by atoms with Gasteiger partial charge in [0.1, 0.15) is 5.41 Å². The highest BCUT2D eigenvalue weighted by molar-refractivity contribution is 6.03. The van der Waals surface area contributed by atoms with Crippen molar-refractivity contribution in [2.75, 3.05) is 6.61 Å². The highest BCUT2D eigenvalue weighted by Gasteiger charge is 2.64. The lowest BCUT2D eigenvalue weighted by atomic mass is 9.74. The number of esters is 2. The summed E-state index contributed by atoms with van der Waals surface area (Å²) in [7, 11) is 0. The normalized spacial score (nSPS) is 29.3. The van der Waals surface area contributed by atoms with Gasteiger partial charge in [0.05, 0.1) is 0 Å². The molecule has 0 aliphatic carbocycles. The van der Waals surface area contributed by atoms with Crippen molar-refractivity contribution in [1.29, 1.82) is 0 Å². The van der Waals surface area contributed by atoms with Crippen LogP contribution in [0.4, 0.5) is 0 Å². The maximum atomic E-state index is 11.7. The predicted octanol–water partition coefficient (Wildman–Crippen LogP) is 1.67. The number of hydrogen-bond donors (Lipinski definition) is 0. The molecule has 1 atom stereocenters. The topological polar surface area (TPSA) is 52.6 Å². The first kappa shape index (κ1) is 12.2. The van der Waals surface area contributed by atoms with Crippen LogP contribution in [-0.2, 0) is 19.1 Å². The fraction of sp³-hybridized carbons (Fsp3) is 0.818. The Labute approximate surface area is 89.9 Å². The van der Waals surface area contributed by atoms with E-state index in [0.717, 1.165) is 6.42 Å². The van der Waals surface area contributed by atoms with E-state index >= 15 is 0 Å². The van der Waals surface area contributed by atoms with Gasteiger partial charge >= 0.3 is 11.9 Å². The number of carbonyl (C=O) groups is 2. The second-order valence-electron chi connectivity index (χ2n) is 4.31. The van der Waals surface area contributed by atoms with E-state index in [0.29, 0.717) is 13.0 Å². The molecule has 15 heavy (non-hydrogen) atoms. The smallest absolute Gasteiger partial charge is 0.347 e. The van der Waals surface area contributed by atoms with Crippen LogP contribution >= 0.6 is 0 Å². The van der Waals surface area contributed by atoms with Crippen LogP contribution in [-0.4, -0.2) is 24.1 Å². The van der Waals surface area contributed by atoms with E-state index < -0.39 is 23.0 Å². The third-order valence-corrected chi connectivity index (χ3v) is 3.03. The van der Waals surface area contributed by atoms with Crippen LogP contribution < -0.4 is 0 Å². The van der Waals surface area contributed by atoms with E-state index in [9.17, 15) is 9.59 Å². The predicted molar refractivity (Wildman–Crippen MR) is 54.1 cm³/mol. The van der Waals surface area contributed by atoms with Crippen LogP contribution in [0.25, 0.3) is 0 Å². The standard InChI is InChI=1S/C11H18O4/c1-5-7-11(14-6-2)9(13)15-8(12)10(11,3)4/h5-7H2,1-4H3. The Balaban J connectivity index is 3.13. The van der Waals surface area contributed by atoms with Gasteiger partial charge < -0.3 is 9.47 Å².